The number of thiophene rings is 1. The highest BCUT2D eigenvalue weighted by Gasteiger charge is 2.18. The lowest BCUT2D eigenvalue weighted by Gasteiger charge is -2.10. The number of nitrogens with one attached hydrogen (secondary N) is 2. The first-order chi connectivity index (χ1) is 12.8. The van der Waals surface area contributed by atoms with E-state index in [-0.39, 0.29) is 0 Å². The van der Waals surface area contributed by atoms with Gasteiger partial charge < -0.3 is 10.6 Å². The highest BCUT2D eigenvalue weighted by atomic mass is 32.1. The van der Waals surface area contributed by atoms with Crippen LogP contribution >= 0.6 is 11.3 Å². The van der Waals surface area contributed by atoms with Gasteiger partial charge >= 0.3 is 0 Å². The maximum atomic E-state index is 4.68. The van der Waals surface area contributed by atoms with Gasteiger partial charge in [0, 0.05) is 23.7 Å². The van der Waals surface area contributed by atoms with E-state index in [0.717, 1.165) is 21.7 Å². The number of fused-ring (bicyclic) bond motifs is 1. The quantitative estimate of drug-likeness (QED) is 0.539. The molecule has 0 unspecified atom stereocenters. The minimum absolute atomic E-state index is 0.610. The van der Waals surface area contributed by atoms with E-state index >= 15 is 0 Å². The Bertz CT molecular complexity index is 1030. The molecule has 26 heavy (non-hydrogen) atoms. The lowest BCUT2D eigenvalue weighted by molar-refractivity contribution is 1.03. The van der Waals surface area contributed by atoms with Crippen molar-refractivity contribution >= 4 is 33.3 Å². The molecule has 1 aromatic carbocycles. The molecule has 130 valence electrons. The van der Waals surface area contributed by atoms with E-state index < -0.39 is 0 Å². The summed E-state index contributed by atoms with van der Waals surface area (Å²) in [5.41, 5.74) is 3.34. The van der Waals surface area contributed by atoms with E-state index in [1.165, 1.54) is 16.0 Å². The van der Waals surface area contributed by atoms with Crippen molar-refractivity contribution in [3.63, 3.8) is 0 Å². The zero-order valence-corrected chi connectivity index (χ0v) is 15.5. The van der Waals surface area contributed by atoms with Crippen molar-refractivity contribution in [2.24, 2.45) is 0 Å². The Labute approximate surface area is 156 Å². The van der Waals surface area contributed by atoms with Crippen LogP contribution in [0.2, 0.25) is 0 Å². The van der Waals surface area contributed by atoms with Crippen LogP contribution in [0.1, 0.15) is 10.6 Å². The molecule has 3 aromatic heterocycles. The summed E-state index contributed by atoms with van der Waals surface area (Å²) in [7, 11) is 1.84. The maximum absolute atomic E-state index is 4.68. The van der Waals surface area contributed by atoms with Crippen molar-refractivity contribution in [3.8, 4) is 11.1 Å². The first kappa shape index (κ1) is 16.5. The molecule has 3 heterocycles. The normalized spacial score (nSPS) is 10.8. The molecule has 0 spiro atoms. The number of nitrogens with zero attached hydrogens (tertiary/aromatic N) is 3. The Kier molecular flexibility index (Phi) is 4.50. The van der Waals surface area contributed by atoms with Crippen LogP contribution in [0, 0.1) is 6.92 Å². The Morgan fingerprint density at radius 2 is 1.81 bits per heavy atom. The topological polar surface area (TPSA) is 62.7 Å². The molecule has 4 rings (SSSR count). The monoisotopic (exact) mass is 361 g/mol. The first-order valence-electron chi connectivity index (χ1n) is 8.44. The number of rotatable bonds is 5. The lowest BCUT2D eigenvalue weighted by atomic mass is 10.0. The summed E-state index contributed by atoms with van der Waals surface area (Å²) in [5, 5.41) is 7.57. The van der Waals surface area contributed by atoms with Gasteiger partial charge in [-0.2, -0.15) is 4.98 Å². The van der Waals surface area contributed by atoms with E-state index in [4.69, 9.17) is 0 Å². The molecule has 0 fully saturated rings. The molecule has 0 aliphatic rings. The number of aromatic nitrogens is 3. The number of hydrogen-bond acceptors (Lipinski definition) is 6. The van der Waals surface area contributed by atoms with Crippen molar-refractivity contribution in [2.75, 3.05) is 17.7 Å². The molecular formula is C20H19N5S. The van der Waals surface area contributed by atoms with Gasteiger partial charge in [-0.15, -0.1) is 11.3 Å². The molecule has 0 aliphatic heterocycles. The summed E-state index contributed by atoms with van der Waals surface area (Å²) in [6, 6.07) is 16.3. The molecule has 0 bridgehead atoms. The van der Waals surface area contributed by atoms with Crippen LogP contribution in [0.25, 0.3) is 21.3 Å². The number of anilines is 2. The molecule has 2 N–H and O–H groups in total. The van der Waals surface area contributed by atoms with Gasteiger partial charge in [0.05, 0.1) is 17.6 Å². The highest BCUT2D eigenvalue weighted by Crippen LogP contribution is 2.41. The summed E-state index contributed by atoms with van der Waals surface area (Å²) in [4.78, 5) is 15.9. The van der Waals surface area contributed by atoms with E-state index in [9.17, 15) is 0 Å². The second kappa shape index (κ2) is 7.09. The van der Waals surface area contributed by atoms with Gasteiger partial charge in [-0.3, -0.25) is 4.98 Å². The van der Waals surface area contributed by atoms with E-state index in [1.807, 2.05) is 31.3 Å². The second-order valence-corrected chi connectivity index (χ2v) is 7.10. The third-order valence-electron chi connectivity index (χ3n) is 4.18. The molecule has 6 heteroatoms. The van der Waals surface area contributed by atoms with Crippen molar-refractivity contribution in [2.45, 2.75) is 13.5 Å². The molecule has 0 saturated carbocycles. The summed E-state index contributed by atoms with van der Waals surface area (Å²) >= 11 is 1.69. The largest absolute Gasteiger partial charge is 0.364 e. The third-order valence-corrected chi connectivity index (χ3v) is 5.18. The summed E-state index contributed by atoms with van der Waals surface area (Å²) < 4.78 is 0. The lowest BCUT2D eigenvalue weighted by Crippen LogP contribution is -2.06. The standard InChI is InChI=1S/C20H19N5S/c1-13-16(14-8-4-3-5-9-14)17-18(23-12-15-10-6-7-11-22-15)24-20(21-2)25-19(17)26-13/h3-11H,12H2,1-2H3,(H2,21,23,24,25). The Morgan fingerprint density at radius 1 is 1.00 bits per heavy atom. The Hall–Kier alpha value is -2.99. The van der Waals surface area contributed by atoms with Gasteiger partial charge in [0.15, 0.2) is 0 Å². The van der Waals surface area contributed by atoms with Gasteiger partial charge in [-0.05, 0) is 24.6 Å². The Balaban J connectivity index is 1.84. The van der Waals surface area contributed by atoms with Crippen LogP contribution < -0.4 is 10.6 Å². The maximum Gasteiger partial charge on any atom is 0.225 e. The van der Waals surface area contributed by atoms with Crippen molar-refractivity contribution in [3.05, 3.63) is 65.3 Å². The van der Waals surface area contributed by atoms with E-state index in [1.54, 1.807) is 17.5 Å². The molecule has 0 radical (unpaired) electrons. The molecule has 0 atom stereocenters. The zero-order valence-electron chi connectivity index (χ0n) is 14.7. The number of pyridine rings is 1. The number of benzene rings is 1. The fourth-order valence-electron chi connectivity index (χ4n) is 2.98. The van der Waals surface area contributed by atoms with Crippen LogP contribution in [-0.4, -0.2) is 22.0 Å². The molecule has 0 aliphatic carbocycles. The predicted octanol–water partition coefficient (Wildman–Crippen LogP) is 4.72. The van der Waals surface area contributed by atoms with Gasteiger partial charge in [0.1, 0.15) is 10.6 Å². The van der Waals surface area contributed by atoms with Gasteiger partial charge in [0.2, 0.25) is 5.95 Å². The average Bonchev–Trinajstić information content (AvgIpc) is 3.03. The Morgan fingerprint density at radius 3 is 2.54 bits per heavy atom. The first-order valence-corrected chi connectivity index (χ1v) is 9.26. The summed E-state index contributed by atoms with van der Waals surface area (Å²) in [6.07, 6.45) is 1.80. The SMILES string of the molecule is CNc1nc(NCc2ccccn2)c2c(-c3ccccc3)c(C)sc2n1. The van der Waals surface area contributed by atoms with Crippen LogP contribution in [0.4, 0.5) is 11.8 Å². The smallest absolute Gasteiger partial charge is 0.225 e. The fraction of sp³-hybridized carbons (Fsp3) is 0.150. The fourth-order valence-corrected chi connectivity index (χ4v) is 4.03. The second-order valence-electron chi connectivity index (χ2n) is 5.90. The van der Waals surface area contributed by atoms with Crippen LogP contribution in [0.5, 0.6) is 0 Å². The van der Waals surface area contributed by atoms with Crippen molar-refractivity contribution < 1.29 is 0 Å². The molecule has 4 aromatic rings. The van der Waals surface area contributed by atoms with Crippen LogP contribution in [0.3, 0.4) is 0 Å². The van der Waals surface area contributed by atoms with Crippen molar-refractivity contribution in [1.29, 1.82) is 0 Å². The molecular weight excluding hydrogens is 342 g/mol. The van der Waals surface area contributed by atoms with Gasteiger partial charge in [-0.25, -0.2) is 4.98 Å². The third kappa shape index (κ3) is 3.11. The number of aryl methyl sites for hydroxylation is 1. The van der Waals surface area contributed by atoms with Crippen LogP contribution in [0.15, 0.2) is 54.7 Å². The molecule has 0 amide bonds. The van der Waals surface area contributed by atoms with Crippen LogP contribution in [-0.2, 0) is 6.54 Å². The number of hydrogen-bond donors (Lipinski definition) is 2. The predicted molar refractivity (Wildman–Crippen MR) is 109 cm³/mol. The molecule has 5 nitrogen and oxygen atoms in total. The average molecular weight is 361 g/mol. The highest BCUT2D eigenvalue weighted by molar-refractivity contribution is 7.19. The summed E-state index contributed by atoms with van der Waals surface area (Å²) in [6.45, 7) is 2.75. The minimum Gasteiger partial charge on any atom is -0.364 e. The van der Waals surface area contributed by atoms with E-state index in [2.05, 4.69) is 56.8 Å². The van der Waals surface area contributed by atoms with E-state index in [0.29, 0.717) is 12.5 Å². The van der Waals surface area contributed by atoms with Gasteiger partial charge in [0.25, 0.3) is 0 Å². The molecule has 0 saturated heterocycles. The van der Waals surface area contributed by atoms with Gasteiger partial charge in [-0.1, -0.05) is 36.4 Å². The zero-order chi connectivity index (χ0) is 17.9. The van der Waals surface area contributed by atoms with Crippen molar-refractivity contribution in [1.82, 2.24) is 15.0 Å². The summed E-state index contributed by atoms with van der Waals surface area (Å²) in [5.74, 6) is 1.44. The minimum atomic E-state index is 0.610.